The van der Waals surface area contributed by atoms with Crippen LogP contribution in [0.1, 0.15) is 376 Å². The molecule has 0 radical (unpaired) electrons. The highest BCUT2D eigenvalue weighted by atomic mass is 31.2. The van der Waals surface area contributed by atoms with Crippen LogP contribution in [0.3, 0.4) is 0 Å². The molecule has 0 saturated heterocycles. The van der Waals surface area contributed by atoms with Crippen molar-refractivity contribution in [3.8, 4) is 0 Å². The molecule has 0 aliphatic rings. The van der Waals surface area contributed by atoms with Crippen molar-refractivity contribution in [2.24, 2.45) is 17.8 Å². The molecule has 5 atom stereocenters. The van der Waals surface area contributed by atoms with E-state index in [9.17, 15) is 43.2 Å². The number of aliphatic hydroxyl groups is 1. The van der Waals surface area contributed by atoms with E-state index in [1.807, 2.05) is 0 Å². The first-order chi connectivity index (χ1) is 44.7. The zero-order valence-electron chi connectivity index (χ0n) is 60.7. The van der Waals surface area contributed by atoms with Crippen LogP contribution in [0.15, 0.2) is 0 Å². The molecule has 0 heterocycles. The van der Waals surface area contributed by atoms with E-state index in [4.69, 9.17) is 37.0 Å². The molecular weight excluding hydrogens is 1220 g/mol. The summed E-state index contributed by atoms with van der Waals surface area (Å²) < 4.78 is 68.4. The molecule has 0 amide bonds. The summed E-state index contributed by atoms with van der Waals surface area (Å²) in [6.07, 6.45) is 50.0. The summed E-state index contributed by atoms with van der Waals surface area (Å²) in [5.74, 6) is 0.197. The van der Waals surface area contributed by atoms with E-state index in [2.05, 4.69) is 48.5 Å². The van der Waals surface area contributed by atoms with E-state index in [1.54, 1.807) is 0 Å². The zero-order valence-corrected chi connectivity index (χ0v) is 62.5. The van der Waals surface area contributed by atoms with Crippen LogP contribution in [0, 0.1) is 17.8 Å². The minimum atomic E-state index is -4.96. The molecule has 19 heteroatoms. The molecule has 93 heavy (non-hydrogen) atoms. The number of rotatable bonds is 72. The summed E-state index contributed by atoms with van der Waals surface area (Å²) in [5.41, 5.74) is 0. The lowest BCUT2D eigenvalue weighted by Gasteiger charge is -2.21. The number of phosphoric acid groups is 2. The first-order valence-electron chi connectivity index (χ1n) is 38.3. The van der Waals surface area contributed by atoms with Crippen molar-refractivity contribution >= 4 is 39.5 Å². The molecule has 552 valence electrons. The van der Waals surface area contributed by atoms with Crippen LogP contribution in [0.2, 0.25) is 0 Å². The van der Waals surface area contributed by atoms with Crippen LogP contribution in [0.25, 0.3) is 0 Å². The Labute approximate surface area is 568 Å². The maximum Gasteiger partial charge on any atom is 0.472 e. The van der Waals surface area contributed by atoms with E-state index >= 15 is 0 Å². The summed E-state index contributed by atoms with van der Waals surface area (Å²) in [5, 5.41) is 10.6. The largest absolute Gasteiger partial charge is 0.472 e. The minimum absolute atomic E-state index is 0.106. The number of aliphatic hydroxyl groups excluding tert-OH is 1. The number of unbranched alkanes of at least 4 members (excludes halogenated alkanes) is 40. The Morgan fingerprint density at radius 1 is 0.290 bits per heavy atom. The Morgan fingerprint density at radius 3 is 0.731 bits per heavy atom. The summed E-state index contributed by atoms with van der Waals surface area (Å²) in [6, 6.07) is 0. The summed E-state index contributed by atoms with van der Waals surface area (Å²) in [7, 11) is -9.90. The fraction of sp³-hybridized carbons (Fsp3) is 0.946. The van der Waals surface area contributed by atoms with E-state index in [0.717, 1.165) is 114 Å². The van der Waals surface area contributed by atoms with Crippen LogP contribution in [-0.2, 0) is 65.4 Å². The first-order valence-corrected chi connectivity index (χ1v) is 41.3. The Balaban J connectivity index is 5.21. The second-order valence-electron chi connectivity index (χ2n) is 28.1. The highest BCUT2D eigenvalue weighted by molar-refractivity contribution is 7.47. The molecule has 3 N–H and O–H groups in total. The van der Waals surface area contributed by atoms with E-state index in [-0.39, 0.29) is 25.7 Å². The predicted molar refractivity (Wildman–Crippen MR) is 377 cm³/mol. The number of ether oxygens (including phenoxy) is 4. The molecular formula is C74H144O17P2. The first kappa shape index (κ1) is 91.1. The van der Waals surface area contributed by atoms with Gasteiger partial charge in [-0.25, -0.2) is 9.13 Å². The quantitative estimate of drug-likeness (QED) is 0.0222. The van der Waals surface area contributed by atoms with Gasteiger partial charge < -0.3 is 33.8 Å². The van der Waals surface area contributed by atoms with Crippen molar-refractivity contribution < 1.29 is 80.2 Å². The minimum Gasteiger partial charge on any atom is -0.462 e. The number of hydrogen-bond donors (Lipinski definition) is 3. The Kier molecular flexibility index (Phi) is 63.4. The smallest absolute Gasteiger partial charge is 0.462 e. The average Bonchev–Trinajstić information content (AvgIpc) is 2.22. The van der Waals surface area contributed by atoms with Gasteiger partial charge in [0, 0.05) is 25.7 Å². The number of esters is 4. The van der Waals surface area contributed by atoms with Gasteiger partial charge in [0.1, 0.15) is 19.3 Å². The predicted octanol–water partition coefficient (Wildman–Crippen LogP) is 21.4. The van der Waals surface area contributed by atoms with Crippen molar-refractivity contribution in [3.63, 3.8) is 0 Å². The molecule has 0 fully saturated rings. The monoisotopic (exact) mass is 1370 g/mol. The van der Waals surface area contributed by atoms with Crippen molar-refractivity contribution in [1.82, 2.24) is 0 Å². The lowest BCUT2D eigenvalue weighted by Crippen LogP contribution is -2.30. The number of carbonyl (C=O) groups excluding carboxylic acids is 4. The topological polar surface area (TPSA) is 237 Å². The van der Waals surface area contributed by atoms with E-state index < -0.39 is 97.5 Å². The second kappa shape index (κ2) is 64.7. The standard InChI is InChI=1S/C74H144O17P2/c1-8-9-10-11-12-34-41-48-55-71(76)84-61-69(90-74(79)58-51-44-37-30-24-22-27-33-40-47-54-67(6)7)63-88-92(80,81)86-59-68(75)60-87-93(82,83)89-64-70(62-85-72(77)56-49-42-35-28-23-21-26-32-39-46-53-66(4)5)91-73(78)57-50-43-36-29-20-18-16-14-13-15-17-19-25-31-38-45-52-65(2)3/h65-70,75H,8-64H2,1-7H3,(H,80,81)(H,82,83)/t68-,69+,70+/m0/s1. The summed E-state index contributed by atoms with van der Waals surface area (Å²) >= 11 is 0. The van der Waals surface area contributed by atoms with Crippen LogP contribution in [0.5, 0.6) is 0 Å². The molecule has 0 bridgehead atoms. The number of phosphoric ester groups is 2. The zero-order chi connectivity index (χ0) is 68.7. The maximum atomic E-state index is 13.1. The van der Waals surface area contributed by atoms with Crippen LogP contribution >= 0.6 is 15.6 Å². The Bertz CT molecular complexity index is 1820. The molecule has 0 aliphatic heterocycles. The summed E-state index contributed by atoms with van der Waals surface area (Å²) in [6.45, 7) is 11.9. The van der Waals surface area contributed by atoms with Crippen molar-refractivity contribution in [1.29, 1.82) is 0 Å². The number of hydrogen-bond acceptors (Lipinski definition) is 15. The van der Waals surface area contributed by atoms with Gasteiger partial charge in [-0.05, 0) is 43.4 Å². The molecule has 2 unspecified atom stereocenters. The highest BCUT2D eigenvalue weighted by Gasteiger charge is 2.30. The van der Waals surface area contributed by atoms with Gasteiger partial charge in [0.05, 0.1) is 26.4 Å². The van der Waals surface area contributed by atoms with Gasteiger partial charge in [0.2, 0.25) is 0 Å². The molecule has 0 aromatic carbocycles. The third kappa shape index (κ3) is 68.4. The lowest BCUT2D eigenvalue weighted by molar-refractivity contribution is -0.161. The van der Waals surface area contributed by atoms with Gasteiger partial charge >= 0.3 is 39.5 Å². The highest BCUT2D eigenvalue weighted by Crippen LogP contribution is 2.45. The Hall–Kier alpha value is -1.94. The normalized spacial score (nSPS) is 14.1. The van der Waals surface area contributed by atoms with Crippen molar-refractivity contribution in [3.05, 3.63) is 0 Å². The van der Waals surface area contributed by atoms with Crippen molar-refractivity contribution in [2.75, 3.05) is 39.6 Å². The number of carbonyl (C=O) groups is 4. The van der Waals surface area contributed by atoms with Crippen molar-refractivity contribution in [2.45, 2.75) is 394 Å². The van der Waals surface area contributed by atoms with E-state index in [1.165, 1.54) is 180 Å². The van der Waals surface area contributed by atoms with Crippen LogP contribution in [-0.4, -0.2) is 96.7 Å². The second-order valence-corrected chi connectivity index (χ2v) is 31.0. The third-order valence-corrected chi connectivity index (χ3v) is 19.0. The molecule has 0 saturated carbocycles. The fourth-order valence-corrected chi connectivity index (χ4v) is 12.8. The molecule has 0 spiro atoms. The molecule has 0 aromatic rings. The van der Waals surface area contributed by atoms with Crippen LogP contribution < -0.4 is 0 Å². The third-order valence-electron chi connectivity index (χ3n) is 17.1. The molecule has 0 aromatic heterocycles. The Morgan fingerprint density at radius 2 is 0.495 bits per heavy atom. The van der Waals surface area contributed by atoms with Gasteiger partial charge in [-0.2, -0.15) is 0 Å². The lowest BCUT2D eigenvalue weighted by atomic mass is 10.0. The van der Waals surface area contributed by atoms with Gasteiger partial charge in [0.25, 0.3) is 0 Å². The molecule has 17 nitrogen and oxygen atoms in total. The van der Waals surface area contributed by atoms with Gasteiger partial charge in [0.15, 0.2) is 12.2 Å². The van der Waals surface area contributed by atoms with Gasteiger partial charge in [-0.15, -0.1) is 0 Å². The fourth-order valence-electron chi connectivity index (χ4n) is 11.2. The summed E-state index contributed by atoms with van der Waals surface area (Å²) in [4.78, 5) is 72.6. The SMILES string of the molecule is CCCCCCCCCCC(=O)OC[C@H](COP(=O)(O)OC[C@H](O)COP(=O)(O)OC[C@@H](COC(=O)CCCCCCCCCCCCC(C)C)OC(=O)CCCCCCCCCCCCCCCCCCC(C)C)OC(=O)CCCCCCCCCCCCC(C)C. The van der Waals surface area contributed by atoms with Gasteiger partial charge in [-0.1, -0.05) is 325 Å². The maximum absolute atomic E-state index is 13.1. The van der Waals surface area contributed by atoms with E-state index in [0.29, 0.717) is 25.7 Å². The average molecular weight is 1370 g/mol. The molecule has 0 rings (SSSR count). The van der Waals surface area contributed by atoms with Crippen LogP contribution in [0.4, 0.5) is 0 Å². The van der Waals surface area contributed by atoms with Gasteiger partial charge in [-0.3, -0.25) is 37.3 Å². The molecule has 0 aliphatic carbocycles.